The number of nitrogens with zero attached hydrogens (tertiary/aromatic N) is 6. The van der Waals surface area contributed by atoms with Crippen molar-refractivity contribution in [3.05, 3.63) is 42.4 Å². The Hall–Kier alpha value is -2.80. The molecular formula is C21H24N6O. The van der Waals surface area contributed by atoms with E-state index in [1.165, 1.54) is 12.0 Å². The van der Waals surface area contributed by atoms with Gasteiger partial charge < -0.3 is 10.0 Å². The lowest BCUT2D eigenvalue weighted by Crippen LogP contribution is -2.60. The summed E-state index contributed by atoms with van der Waals surface area (Å²) in [5, 5.41) is 15.7. The van der Waals surface area contributed by atoms with E-state index in [-0.39, 0.29) is 5.41 Å². The van der Waals surface area contributed by atoms with Crippen molar-refractivity contribution in [2.24, 2.45) is 4.99 Å². The fraction of sp³-hybridized carbons (Fsp3) is 0.429. The highest BCUT2D eigenvalue weighted by Gasteiger charge is 2.38. The van der Waals surface area contributed by atoms with Crippen molar-refractivity contribution >= 4 is 22.9 Å². The van der Waals surface area contributed by atoms with E-state index in [1.54, 1.807) is 6.33 Å². The number of aromatic nitrogens is 4. The summed E-state index contributed by atoms with van der Waals surface area (Å²) >= 11 is 0. The summed E-state index contributed by atoms with van der Waals surface area (Å²) in [5.74, 6) is 1.54. The minimum absolute atomic E-state index is 0.0537. The molecule has 1 saturated carbocycles. The average molecular weight is 376 g/mol. The average Bonchev–Trinajstić information content (AvgIpc) is 3.06. The van der Waals surface area contributed by atoms with E-state index < -0.39 is 5.60 Å². The van der Waals surface area contributed by atoms with E-state index in [4.69, 9.17) is 0 Å². The summed E-state index contributed by atoms with van der Waals surface area (Å²) in [6.45, 7) is 2.99. The largest absolute Gasteiger partial charge is 0.386 e. The molecule has 28 heavy (non-hydrogen) atoms. The molecule has 1 aliphatic heterocycles. The molecule has 0 atom stereocenters. The maximum Gasteiger partial charge on any atom is 0.159 e. The molecule has 0 radical (unpaired) electrons. The van der Waals surface area contributed by atoms with Crippen LogP contribution in [0.3, 0.4) is 0 Å². The van der Waals surface area contributed by atoms with Crippen LogP contribution in [0.4, 0.5) is 5.82 Å². The molecule has 2 aromatic heterocycles. The zero-order valence-electron chi connectivity index (χ0n) is 16.2. The summed E-state index contributed by atoms with van der Waals surface area (Å²) < 4.78 is 1.87. The number of benzene rings is 1. The van der Waals surface area contributed by atoms with Gasteiger partial charge in [0.2, 0.25) is 0 Å². The van der Waals surface area contributed by atoms with Crippen molar-refractivity contribution < 1.29 is 5.11 Å². The Bertz CT molecular complexity index is 1060. The van der Waals surface area contributed by atoms with E-state index in [0.29, 0.717) is 13.1 Å². The first-order valence-corrected chi connectivity index (χ1v) is 9.71. The van der Waals surface area contributed by atoms with Gasteiger partial charge in [0, 0.05) is 43.2 Å². The SMILES string of the molecule is C/N=C\C1(c2ccc3cnn(-c4cc(N5CC(C)(O)C5)ncn4)c3c2)CCC1. The van der Waals surface area contributed by atoms with Gasteiger partial charge in [-0.1, -0.05) is 18.6 Å². The highest BCUT2D eigenvalue weighted by molar-refractivity contribution is 5.84. The Kier molecular flexibility index (Phi) is 3.77. The van der Waals surface area contributed by atoms with Crippen molar-refractivity contribution in [2.45, 2.75) is 37.2 Å². The minimum Gasteiger partial charge on any atom is -0.386 e. The van der Waals surface area contributed by atoms with Crippen LogP contribution in [-0.2, 0) is 5.41 Å². The fourth-order valence-electron chi connectivity index (χ4n) is 4.37. The number of anilines is 1. The van der Waals surface area contributed by atoms with Crippen molar-refractivity contribution in [3.8, 4) is 5.82 Å². The van der Waals surface area contributed by atoms with Gasteiger partial charge >= 0.3 is 0 Å². The van der Waals surface area contributed by atoms with Gasteiger partial charge in [-0.15, -0.1) is 0 Å². The molecule has 1 saturated heterocycles. The van der Waals surface area contributed by atoms with Crippen LogP contribution in [0.1, 0.15) is 31.7 Å². The first kappa shape index (κ1) is 17.3. The third kappa shape index (κ3) is 2.69. The van der Waals surface area contributed by atoms with E-state index in [9.17, 15) is 5.11 Å². The van der Waals surface area contributed by atoms with Gasteiger partial charge in [-0.2, -0.15) is 5.10 Å². The van der Waals surface area contributed by atoms with Crippen LogP contribution < -0.4 is 4.90 Å². The van der Waals surface area contributed by atoms with Crippen LogP contribution >= 0.6 is 0 Å². The first-order valence-electron chi connectivity index (χ1n) is 9.71. The van der Waals surface area contributed by atoms with E-state index >= 15 is 0 Å². The van der Waals surface area contributed by atoms with E-state index in [2.05, 4.69) is 44.5 Å². The van der Waals surface area contributed by atoms with Crippen LogP contribution in [0.15, 0.2) is 41.8 Å². The lowest BCUT2D eigenvalue weighted by Gasteiger charge is -2.44. The quantitative estimate of drug-likeness (QED) is 0.708. The number of β-amino-alcohol motifs (C(OH)–C–C–N with tert-alkyl or cyclic N) is 1. The molecule has 5 rings (SSSR count). The minimum atomic E-state index is -0.643. The molecule has 3 aromatic rings. The second kappa shape index (κ2) is 6.10. The predicted molar refractivity (Wildman–Crippen MR) is 109 cm³/mol. The van der Waals surface area contributed by atoms with Gasteiger partial charge in [-0.3, -0.25) is 4.99 Å². The maximum atomic E-state index is 10.0. The second-order valence-electron chi connectivity index (χ2n) is 8.31. The van der Waals surface area contributed by atoms with Crippen LogP contribution in [0.2, 0.25) is 0 Å². The Morgan fingerprint density at radius 1 is 1.14 bits per heavy atom. The monoisotopic (exact) mass is 376 g/mol. The van der Waals surface area contributed by atoms with Gasteiger partial charge in [0.1, 0.15) is 12.1 Å². The molecule has 2 aliphatic rings. The van der Waals surface area contributed by atoms with Crippen molar-refractivity contribution in [1.82, 2.24) is 19.7 Å². The van der Waals surface area contributed by atoms with Gasteiger partial charge in [0.15, 0.2) is 5.82 Å². The smallest absolute Gasteiger partial charge is 0.159 e. The predicted octanol–water partition coefficient (Wildman–Crippen LogP) is 2.51. The molecule has 7 heteroatoms. The molecule has 0 amide bonds. The molecule has 7 nitrogen and oxygen atoms in total. The number of hydrogen-bond acceptors (Lipinski definition) is 6. The first-order chi connectivity index (χ1) is 13.5. The third-order valence-corrected chi connectivity index (χ3v) is 6.01. The van der Waals surface area contributed by atoms with Crippen molar-refractivity contribution in [3.63, 3.8) is 0 Å². The molecule has 1 aliphatic carbocycles. The molecule has 0 unspecified atom stereocenters. The maximum absolute atomic E-state index is 10.0. The number of rotatable bonds is 4. The standard InChI is InChI=1S/C21H24N6O/c1-20(28)12-26(13-20)18-9-19(24-14-23-18)27-17-8-16(5-4-15(17)10-25-27)21(11-22-2)6-3-7-21/h4-5,8-11,14,28H,3,6-7,12-13H2,1-2H3/b22-11-. The highest BCUT2D eigenvalue weighted by atomic mass is 16.3. The summed E-state index contributed by atoms with van der Waals surface area (Å²) in [6.07, 6.45) is 9.03. The zero-order valence-corrected chi connectivity index (χ0v) is 16.2. The zero-order chi connectivity index (χ0) is 19.4. The molecule has 0 bridgehead atoms. The van der Waals surface area contributed by atoms with Crippen LogP contribution in [0.25, 0.3) is 16.7 Å². The lowest BCUT2D eigenvalue weighted by atomic mass is 9.65. The lowest BCUT2D eigenvalue weighted by molar-refractivity contribution is 0.0305. The van der Waals surface area contributed by atoms with Crippen molar-refractivity contribution in [2.75, 3.05) is 25.0 Å². The van der Waals surface area contributed by atoms with Gasteiger partial charge in [0.05, 0.1) is 17.3 Å². The normalized spacial score (nSPS) is 20.3. The van der Waals surface area contributed by atoms with Crippen LogP contribution in [0.5, 0.6) is 0 Å². The molecule has 144 valence electrons. The van der Waals surface area contributed by atoms with Crippen LogP contribution in [-0.4, -0.2) is 56.8 Å². The molecule has 3 heterocycles. The molecule has 0 spiro atoms. The van der Waals surface area contributed by atoms with Crippen molar-refractivity contribution in [1.29, 1.82) is 0 Å². The Morgan fingerprint density at radius 2 is 1.93 bits per heavy atom. The summed E-state index contributed by atoms with van der Waals surface area (Å²) in [5.41, 5.74) is 1.73. The highest BCUT2D eigenvalue weighted by Crippen LogP contribution is 2.43. The fourth-order valence-corrected chi connectivity index (χ4v) is 4.37. The molecule has 2 fully saturated rings. The second-order valence-corrected chi connectivity index (χ2v) is 8.31. The Balaban J connectivity index is 1.54. The number of fused-ring (bicyclic) bond motifs is 1. The summed E-state index contributed by atoms with van der Waals surface area (Å²) in [4.78, 5) is 15.2. The molecule has 1 aromatic carbocycles. The third-order valence-electron chi connectivity index (χ3n) is 6.01. The number of aliphatic imine (C=N–C) groups is 1. The van der Waals surface area contributed by atoms with Gasteiger partial charge in [-0.05, 0) is 31.4 Å². The topological polar surface area (TPSA) is 79.4 Å². The molecule has 1 N–H and O–H groups in total. The summed E-state index contributed by atoms with van der Waals surface area (Å²) in [6, 6.07) is 8.48. The Morgan fingerprint density at radius 3 is 2.61 bits per heavy atom. The number of hydrogen-bond donors (Lipinski definition) is 1. The summed E-state index contributed by atoms with van der Waals surface area (Å²) in [7, 11) is 1.85. The number of aliphatic hydroxyl groups is 1. The van der Waals surface area contributed by atoms with E-state index in [1.807, 2.05) is 35.8 Å². The van der Waals surface area contributed by atoms with Gasteiger partial charge in [-0.25, -0.2) is 14.6 Å². The van der Waals surface area contributed by atoms with Gasteiger partial charge in [0.25, 0.3) is 0 Å². The van der Waals surface area contributed by atoms with Crippen LogP contribution in [0, 0.1) is 0 Å². The molecular weight excluding hydrogens is 352 g/mol. The van der Waals surface area contributed by atoms with E-state index in [0.717, 1.165) is 35.4 Å². The Labute approximate surface area is 163 Å².